The van der Waals surface area contributed by atoms with E-state index in [9.17, 15) is 13.2 Å². The Hall–Kier alpha value is -2.47. The number of aromatic nitrogens is 3. The van der Waals surface area contributed by atoms with Gasteiger partial charge in [0.1, 0.15) is 0 Å². The van der Waals surface area contributed by atoms with Gasteiger partial charge < -0.3 is 9.88 Å². The van der Waals surface area contributed by atoms with Crippen molar-refractivity contribution in [2.24, 2.45) is 5.14 Å². The van der Waals surface area contributed by atoms with E-state index in [1.165, 1.54) is 35.2 Å². The molecule has 0 aliphatic carbocycles. The fourth-order valence-corrected chi connectivity index (χ4v) is 5.37. The van der Waals surface area contributed by atoms with Crippen LogP contribution in [0.5, 0.6) is 0 Å². The third-order valence-corrected chi connectivity index (χ3v) is 7.46. The van der Waals surface area contributed by atoms with Crippen LogP contribution in [0.2, 0.25) is 0 Å². The maximum atomic E-state index is 12.5. The molecule has 4 rings (SSSR count). The summed E-state index contributed by atoms with van der Waals surface area (Å²) >= 11 is 2.73. The predicted molar refractivity (Wildman–Crippen MR) is 125 cm³/mol. The minimum atomic E-state index is -3.81. The smallest absolute Gasteiger partial charge is 0.238 e. The number of sulfonamides is 1. The van der Waals surface area contributed by atoms with E-state index in [0.717, 1.165) is 35.1 Å². The lowest BCUT2D eigenvalue weighted by molar-refractivity contribution is -0.113. The number of nitrogens with zero attached hydrogens (tertiary/aromatic N) is 3. The highest BCUT2D eigenvalue weighted by Crippen LogP contribution is 2.28. The molecule has 2 aromatic heterocycles. The molecule has 0 saturated heterocycles. The number of nitrogens with two attached hydrogens (primary N) is 1. The number of unbranched alkanes of at least 4 members (excludes halogenated alkanes) is 1. The fourth-order valence-electron chi connectivity index (χ4n) is 3.12. The van der Waals surface area contributed by atoms with Gasteiger partial charge >= 0.3 is 0 Å². The van der Waals surface area contributed by atoms with Gasteiger partial charge in [-0.2, -0.15) is 0 Å². The molecule has 0 atom stereocenters. The number of primary sulfonamides is 1. The number of thioether (sulfide) groups is 1. The number of fused-ring (bicyclic) bond motifs is 2. The molecular weight excluding hydrogens is 454 g/mol. The summed E-state index contributed by atoms with van der Waals surface area (Å²) in [4.78, 5) is 21.5. The molecule has 0 fully saturated rings. The van der Waals surface area contributed by atoms with Crippen LogP contribution in [0.4, 0.5) is 5.13 Å². The van der Waals surface area contributed by atoms with Crippen LogP contribution < -0.4 is 10.5 Å². The number of aryl methyl sites for hydroxylation is 1. The van der Waals surface area contributed by atoms with Gasteiger partial charge in [-0.25, -0.2) is 23.5 Å². The minimum Gasteiger partial charge on any atom is -0.319 e. The molecule has 0 aliphatic rings. The average Bonchev–Trinajstić information content (AvgIpc) is 3.29. The van der Waals surface area contributed by atoms with Crippen molar-refractivity contribution < 1.29 is 13.2 Å². The van der Waals surface area contributed by atoms with E-state index in [2.05, 4.69) is 22.2 Å². The molecule has 2 aromatic carbocycles. The van der Waals surface area contributed by atoms with Gasteiger partial charge in [0.05, 0.1) is 31.9 Å². The van der Waals surface area contributed by atoms with Crippen molar-refractivity contribution >= 4 is 65.4 Å². The van der Waals surface area contributed by atoms with Crippen molar-refractivity contribution in [2.75, 3.05) is 11.1 Å². The van der Waals surface area contributed by atoms with Gasteiger partial charge in [0.25, 0.3) is 0 Å². The van der Waals surface area contributed by atoms with Crippen LogP contribution in [0, 0.1) is 0 Å². The number of anilines is 1. The predicted octanol–water partition coefficient (Wildman–Crippen LogP) is 3.82. The van der Waals surface area contributed by atoms with E-state index in [-0.39, 0.29) is 16.6 Å². The number of thiazole rings is 1. The first-order chi connectivity index (χ1) is 14.8. The van der Waals surface area contributed by atoms with Crippen LogP contribution in [0.25, 0.3) is 21.3 Å². The van der Waals surface area contributed by atoms with Crippen molar-refractivity contribution in [3.8, 4) is 0 Å². The Morgan fingerprint density at radius 1 is 1.19 bits per heavy atom. The standard InChI is InChI=1S/C20H21N5O3S3/c1-2-3-10-25-16-9-8-13(31(21,27)28)11-15(16)23-20(25)29-12-18(26)24-19-22-14-6-4-5-7-17(14)30-19/h4-9,11H,2-3,10,12H2,1H3,(H2,21,27,28)(H,22,24,26). The second-order valence-corrected chi connectivity index (χ2v) is 10.5. The Morgan fingerprint density at radius 2 is 2.00 bits per heavy atom. The number of benzene rings is 2. The Bertz CT molecular complexity index is 1330. The van der Waals surface area contributed by atoms with Crippen molar-refractivity contribution in [1.82, 2.24) is 14.5 Å². The Labute approximate surface area is 187 Å². The zero-order valence-electron chi connectivity index (χ0n) is 16.7. The molecule has 31 heavy (non-hydrogen) atoms. The second kappa shape index (κ2) is 8.95. The molecule has 0 aliphatic heterocycles. The number of rotatable bonds is 8. The summed E-state index contributed by atoms with van der Waals surface area (Å²) in [6, 6.07) is 12.4. The topological polar surface area (TPSA) is 120 Å². The SMILES string of the molecule is CCCCn1c(SCC(=O)Nc2nc3ccccc3s2)nc2cc(S(N)(=O)=O)ccc21. The molecule has 1 amide bonds. The van der Waals surface area contributed by atoms with Crippen LogP contribution in [0.1, 0.15) is 19.8 Å². The van der Waals surface area contributed by atoms with E-state index in [1.807, 2.05) is 28.8 Å². The van der Waals surface area contributed by atoms with E-state index >= 15 is 0 Å². The molecule has 4 aromatic rings. The highest BCUT2D eigenvalue weighted by atomic mass is 32.2. The summed E-state index contributed by atoms with van der Waals surface area (Å²) in [5.41, 5.74) is 2.20. The van der Waals surface area contributed by atoms with E-state index < -0.39 is 10.0 Å². The fraction of sp³-hybridized carbons (Fsp3) is 0.250. The summed E-state index contributed by atoms with van der Waals surface area (Å²) in [5, 5.41) is 9.31. The minimum absolute atomic E-state index is 0.0188. The first kappa shape index (κ1) is 21.8. The van der Waals surface area contributed by atoms with Crippen molar-refractivity contribution in [3.63, 3.8) is 0 Å². The molecule has 0 unspecified atom stereocenters. The summed E-state index contributed by atoms with van der Waals surface area (Å²) in [7, 11) is -3.81. The van der Waals surface area contributed by atoms with Gasteiger partial charge in [0, 0.05) is 6.54 Å². The highest BCUT2D eigenvalue weighted by Gasteiger charge is 2.16. The molecule has 0 bridgehead atoms. The number of imidazole rings is 1. The van der Waals surface area contributed by atoms with Gasteiger partial charge in [-0.15, -0.1) is 0 Å². The highest BCUT2D eigenvalue weighted by molar-refractivity contribution is 7.99. The number of carbonyl (C=O) groups is 1. The van der Waals surface area contributed by atoms with E-state index in [1.54, 1.807) is 6.07 Å². The largest absolute Gasteiger partial charge is 0.319 e. The summed E-state index contributed by atoms with van der Waals surface area (Å²) in [6.45, 7) is 2.82. The molecule has 0 spiro atoms. The number of nitrogens with one attached hydrogen (secondary N) is 1. The van der Waals surface area contributed by atoms with Gasteiger partial charge in [-0.1, -0.05) is 48.6 Å². The third kappa shape index (κ3) is 4.90. The Kier molecular flexibility index (Phi) is 6.28. The van der Waals surface area contributed by atoms with Crippen LogP contribution in [0.3, 0.4) is 0 Å². The number of para-hydroxylation sites is 1. The van der Waals surface area contributed by atoms with Gasteiger partial charge in [0.2, 0.25) is 15.9 Å². The van der Waals surface area contributed by atoms with Gasteiger partial charge in [0.15, 0.2) is 10.3 Å². The van der Waals surface area contributed by atoms with Gasteiger partial charge in [-0.3, -0.25) is 4.79 Å². The van der Waals surface area contributed by atoms with E-state index in [4.69, 9.17) is 5.14 Å². The van der Waals surface area contributed by atoms with Crippen LogP contribution in [-0.2, 0) is 21.4 Å². The quantitative estimate of drug-likeness (QED) is 0.374. The first-order valence-corrected chi connectivity index (χ1v) is 13.0. The zero-order chi connectivity index (χ0) is 22.0. The number of carbonyl (C=O) groups excluding carboxylic acids is 1. The van der Waals surface area contributed by atoms with Crippen LogP contribution >= 0.6 is 23.1 Å². The van der Waals surface area contributed by atoms with Crippen molar-refractivity contribution in [2.45, 2.75) is 36.4 Å². The molecule has 0 radical (unpaired) electrons. The Morgan fingerprint density at radius 3 is 2.74 bits per heavy atom. The maximum absolute atomic E-state index is 12.5. The molecule has 3 N–H and O–H groups in total. The molecule has 0 saturated carbocycles. The zero-order valence-corrected chi connectivity index (χ0v) is 19.2. The summed E-state index contributed by atoms with van der Waals surface area (Å²) < 4.78 is 26.4. The van der Waals surface area contributed by atoms with Crippen molar-refractivity contribution in [3.05, 3.63) is 42.5 Å². The lowest BCUT2D eigenvalue weighted by Gasteiger charge is -2.08. The normalized spacial score (nSPS) is 11.9. The van der Waals surface area contributed by atoms with Crippen LogP contribution in [0.15, 0.2) is 52.5 Å². The third-order valence-electron chi connectivity index (χ3n) is 4.62. The van der Waals surface area contributed by atoms with E-state index in [0.29, 0.717) is 15.8 Å². The van der Waals surface area contributed by atoms with Gasteiger partial charge in [-0.05, 0) is 36.8 Å². The molecule has 2 heterocycles. The Balaban J connectivity index is 1.53. The number of hydrogen-bond donors (Lipinski definition) is 2. The molecule has 162 valence electrons. The molecule has 11 heteroatoms. The van der Waals surface area contributed by atoms with Crippen molar-refractivity contribution in [1.29, 1.82) is 0 Å². The number of amides is 1. The summed E-state index contributed by atoms with van der Waals surface area (Å²) in [6.07, 6.45) is 1.94. The number of hydrogen-bond acceptors (Lipinski definition) is 7. The lowest BCUT2D eigenvalue weighted by atomic mass is 10.3. The summed E-state index contributed by atoms with van der Waals surface area (Å²) in [5.74, 6) is -0.0173. The second-order valence-electron chi connectivity index (χ2n) is 6.92. The van der Waals surface area contributed by atoms with Crippen LogP contribution in [-0.4, -0.2) is 34.6 Å². The molecule has 8 nitrogen and oxygen atoms in total. The molecular formula is C20H21N5O3S3. The lowest BCUT2D eigenvalue weighted by Crippen LogP contribution is -2.14. The average molecular weight is 476 g/mol. The monoisotopic (exact) mass is 475 g/mol. The maximum Gasteiger partial charge on any atom is 0.238 e. The first-order valence-electron chi connectivity index (χ1n) is 9.66.